The summed E-state index contributed by atoms with van der Waals surface area (Å²) < 4.78 is 28.2. The highest BCUT2D eigenvalue weighted by molar-refractivity contribution is 8.01. The molecule has 0 aliphatic rings. The van der Waals surface area contributed by atoms with Gasteiger partial charge in [0.15, 0.2) is 15.3 Å². The van der Waals surface area contributed by atoms with Crippen LogP contribution in [0.3, 0.4) is 0 Å². The van der Waals surface area contributed by atoms with E-state index in [9.17, 15) is 18.0 Å². The lowest BCUT2D eigenvalue weighted by molar-refractivity contribution is -0.113. The molecule has 0 saturated heterocycles. The molecule has 0 spiro atoms. The normalized spacial score (nSPS) is 11.5. The molecule has 4 aromatic rings. The van der Waals surface area contributed by atoms with Crippen LogP contribution < -0.4 is 10.6 Å². The van der Waals surface area contributed by atoms with Crippen molar-refractivity contribution in [3.63, 3.8) is 0 Å². The molecule has 40 heavy (non-hydrogen) atoms. The number of benzene rings is 2. The molecule has 0 aliphatic heterocycles. The van der Waals surface area contributed by atoms with Gasteiger partial charge in [0.05, 0.1) is 17.2 Å². The Labute approximate surface area is 244 Å². The molecule has 2 N–H and O–H groups in total. The lowest BCUT2D eigenvalue weighted by Crippen LogP contribution is -2.25. The largest absolute Gasteiger partial charge is 0.345 e. The number of carbonyl (C=O) groups is 2. The molecule has 2 amide bonds. The van der Waals surface area contributed by atoms with Gasteiger partial charge in [0.1, 0.15) is 0 Å². The van der Waals surface area contributed by atoms with Crippen molar-refractivity contribution >= 4 is 61.8 Å². The summed E-state index contributed by atoms with van der Waals surface area (Å²) in [4.78, 5) is 25.4. The van der Waals surface area contributed by atoms with E-state index in [0.717, 1.165) is 20.1 Å². The number of carbonyl (C=O) groups excluding carboxylic acids is 2. The maximum absolute atomic E-state index is 12.8. The number of thioether (sulfide) groups is 2. The van der Waals surface area contributed by atoms with E-state index in [4.69, 9.17) is 0 Å². The summed E-state index contributed by atoms with van der Waals surface area (Å²) in [6, 6.07) is 15.0. The predicted molar refractivity (Wildman–Crippen MR) is 156 cm³/mol. The first kappa shape index (κ1) is 29.7. The summed E-state index contributed by atoms with van der Waals surface area (Å²) in [5.74, 6) is 0.729. The zero-order valence-electron chi connectivity index (χ0n) is 21.8. The fourth-order valence-electron chi connectivity index (χ4n) is 3.32. The molecule has 0 aliphatic carbocycles. The van der Waals surface area contributed by atoms with Crippen LogP contribution in [0.4, 0.5) is 5.13 Å². The van der Waals surface area contributed by atoms with E-state index in [-0.39, 0.29) is 23.1 Å². The third kappa shape index (κ3) is 7.25. The monoisotopic (exact) mass is 618 g/mol. The molecule has 2 aromatic heterocycles. The minimum absolute atomic E-state index is 0.0495. The van der Waals surface area contributed by atoms with Crippen LogP contribution in [0.15, 0.2) is 69.0 Å². The Morgan fingerprint density at radius 1 is 0.975 bits per heavy atom. The van der Waals surface area contributed by atoms with Crippen LogP contribution in [0.5, 0.6) is 0 Å². The SMILES string of the molecule is CCSc1nnc(NC(=O)CSc2nnc(CNC(=O)c3ccc(S(=O)(=O)N(C)C)cc3)n2-c2ccccc2)s1. The summed E-state index contributed by atoms with van der Waals surface area (Å²) in [7, 11) is -0.711. The molecule has 4 rings (SSSR count). The Kier molecular flexibility index (Phi) is 9.91. The Balaban J connectivity index is 1.44. The van der Waals surface area contributed by atoms with Gasteiger partial charge >= 0.3 is 0 Å². The zero-order valence-corrected chi connectivity index (χ0v) is 25.0. The van der Waals surface area contributed by atoms with Crippen LogP contribution in [-0.2, 0) is 21.4 Å². The van der Waals surface area contributed by atoms with Gasteiger partial charge in [0.2, 0.25) is 21.1 Å². The summed E-state index contributed by atoms with van der Waals surface area (Å²) in [5.41, 5.74) is 1.06. The maximum atomic E-state index is 12.8. The first-order valence-corrected chi connectivity index (χ1v) is 16.1. The van der Waals surface area contributed by atoms with Crippen molar-refractivity contribution in [1.82, 2.24) is 34.6 Å². The number of para-hydroxylation sites is 1. The molecule has 0 saturated carbocycles. The number of rotatable bonds is 12. The Morgan fingerprint density at radius 3 is 2.38 bits per heavy atom. The van der Waals surface area contributed by atoms with Crippen LogP contribution >= 0.6 is 34.9 Å². The Hall–Kier alpha value is -3.31. The van der Waals surface area contributed by atoms with Crippen molar-refractivity contribution in [3.8, 4) is 5.69 Å². The number of nitrogens with zero attached hydrogens (tertiary/aromatic N) is 6. The summed E-state index contributed by atoms with van der Waals surface area (Å²) in [6.45, 7) is 2.07. The first-order chi connectivity index (χ1) is 19.2. The average molecular weight is 619 g/mol. The topological polar surface area (TPSA) is 152 Å². The van der Waals surface area contributed by atoms with Crippen molar-refractivity contribution in [2.75, 3.05) is 30.9 Å². The summed E-state index contributed by atoms with van der Waals surface area (Å²) >= 11 is 4.07. The summed E-state index contributed by atoms with van der Waals surface area (Å²) in [5, 5.41) is 23.0. The maximum Gasteiger partial charge on any atom is 0.251 e. The smallest absolute Gasteiger partial charge is 0.251 e. The molecule has 0 bridgehead atoms. The lowest BCUT2D eigenvalue weighted by atomic mass is 10.2. The van der Waals surface area contributed by atoms with Crippen LogP contribution in [0.1, 0.15) is 23.1 Å². The second-order valence-electron chi connectivity index (χ2n) is 8.21. The molecule has 0 atom stereocenters. The molecular formula is C24H26N8O4S4. The number of sulfonamides is 1. The third-order valence-corrected chi connectivity index (χ3v) is 9.88. The number of hydrogen-bond donors (Lipinski definition) is 2. The van der Waals surface area contributed by atoms with Crippen molar-refractivity contribution in [2.45, 2.75) is 27.9 Å². The number of nitrogens with one attached hydrogen (secondary N) is 2. The van der Waals surface area contributed by atoms with E-state index in [1.807, 2.05) is 37.3 Å². The fourth-order valence-corrected chi connectivity index (χ4v) is 6.66. The average Bonchev–Trinajstić information content (AvgIpc) is 3.57. The highest BCUT2D eigenvalue weighted by Crippen LogP contribution is 2.26. The molecule has 2 aromatic carbocycles. The van der Waals surface area contributed by atoms with Gasteiger partial charge in [-0.2, -0.15) is 0 Å². The molecule has 2 heterocycles. The van der Waals surface area contributed by atoms with Crippen LogP contribution in [0.25, 0.3) is 5.69 Å². The second kappa shape index (κ2) is 13.4. The fraction of sp³-hybridized carbons (Fsp3) is 0.250. The van der Waals surface area contributed by atoms with Crippen LogP contribution in [0, 0.1) is 0 Å². The molecular weight excluding hydrogens is 593 g/mol. The second-order valence-corrected chi connectivity index (χ2v) is 13.8. The van der Waals surface area contributed by atoms with E-state index in [1.165, 1.54) is 61.5 Å². The van der Waals surface area contributed by atoms with Gasteiger partial charge < -0.3 is 5.32 Å². The highest BCUT2D eigenvalue weighted by atomic mass is 32.2. The van der Waals surface area contributed by atoms with Crippen molar-refractivity contribution in [3.05, 3.63) is 66.0 Å². The zero-order chi connectivity index (χ0) is 28.7. The molecule has 12 nitrogen and oxygen atoms in total. The van der Waals surface area contributed by atoms with E-state index in [0.29, 0.717) is 21.7 Å². The molecule has 0 radical (unpaired) electrons. The Morgan fingerprint density at radius 2 is 1.70 bits per heavy atom. The minimum Gasteiger partial charge on any atom is -0.345 e. The first-order valence-electron chi connectivity index (χ1n) is 11.9. The molecule has 0 unspecified atom stereocenters. The van der Waals surface area contributed by atoms with Crippen molar-refractivity contribution in [1.29, 1.82) is 0 Å². The lowest BCUT2D eigenvalue weighted by Gasteiger charge is -2.12. The van der Waals surface area contributed by atoms with Gasteiger partial charge in [0.25, 0.3) is 5.91 Å². The van der Waals surface area contributed by atoms with Crippen LogP contribution in [0.2, 0.25) is 0 Å². The van der Waals surface area contributed by atoms with E-state index < -0.39 is 15.9 Å². The Bertz CT molecular complexity index is 1570. The minimum atomic E-state index is -3.60. The molecule has 0 fully saturated rings. The van der Waals surface area contributed by atoms with Gasteiger partial charge in [-0.05, 0) is 42.2 Å². The van der Waals surface area contributed by atoms with E-state index in [1.54, 1.807) is 16.3 Å². The summed E-state index contributed by atoms with van der Waals surface area (Å²) in [6.07, 6.45) is 0. The number of hydrogen-bond acceptors (Lipinski definition) is 11. The number of aromatic nitrogens is 5. The van der Waals surface area contributed by atoms with Crippen LogP contribution in [-0.4, -0.2) is 75.1 Å². The number of anilines is 1. The molecule has 210 valence electrons. The van der Waals surface area contributed by atoms with Gasteiger partial charge in [-0.3, -0.25) is 19.5 Å². The standard InChI is InChI=1S/C24H26N8O4S4/c1-4-37-24-30-28-22(39-24)26-20(33)15-38-23-29-27-19(32(23)17-8-6-5-7-9-17)14-25-21(34)16-10-12-18(13-11-16)40(35,36)31(2)3/h5-13H,4,14-15H2,1-3H3,(H,25,34)(H,26,28,33). The van der Waals surface area contributed by atoms with Crippen molar-refractivity contribution < 1.29 is 18.0 Å². The van der Waals surface area contributed by atoms with Crippen molar-refractivity contribution in [2.24, 2.45) is 0 Å². The molecule has 16 heteroatoms. The number of amides is 2. The van der Waals surface area contributed by atoms with Gasteiger partial charge in [-0.25, -0.2) is 12.7 Å². The van der Waals surface area contributed by atoms with Gasteiger partial charge in [-0.15, -0.1) is 20.4 Å². The quantitative estimate of drug-likeness (QED) is 0.179. The third-order valence-electron chi connectivity index (χ3n) is 5.27. The highest BCUT2D eigenvalue weighted by Gasteiger charge is 2.19. The van der Waals surface area contributed by atoms with E-state index in [2.05, 4.69) is 31.0 Å². The predicted octanol–water partition coefficient (Wildman–Crippen LogP) is 3.14. The van der Waals surface area contributed by atoms with E-state index >= 15 is 0 Å². The van der Waals surface area contributed by atoms with Gasteiger partial charge in [-0.1, -0.05) is 60.0 Å². The van der Waals surface area contributed by atoms with Gasteiger partial charge in [0, 0.05) is 25.3 Å².